The van der Waals surface area contributed by atoms with E-state index in [4.69, 9.17) is 10.5 Å². The van der Waals surface area contributed by atoms with Crippen LogP contribution < -0.4 is 16.2 Å². The molecule has 202 valence electrons. The van der Waals surface area contributed by atoms with Crippen LogP contribution >= 0.6 is 0 Å². The molecule has 10 heteroatoms. The largest absolute Gasteiger partial charge is 0.457 e. The van der Waals surface area contributed by atoms with Crippen LogP contribution in [0.5, 0.6) is 11.5 Å². The number of anilines is 1. The van der Waals surface area contributed by atoms with Crippen molar-refractivity contribution in [2.75, 3.05) is 12.8 Å². The molecule has 0 bridgehead atoms. The predicted octanol–water partition coefficient (Wildman–Crippen LogP) is 4.94. The van der Waals surface area contributed by atoms with Crippen LogP contribution in [0.25, 0.3) is 27.4 Å². The van der Waals surface area contributed by atoms with Crippen LogP contribution in [0, 0.1) is 12.0 Å². The summed E-state index contributed by atoms with van der Waals surface area (Å²) in [7, 11) is 1.75. The summed E-state index contributed by atoms with van der Waals surface area (Å²) in [5.41, 5.74) is 8.42. The molecule has 2 aromatic heterocycles. The highest BCUT2D eigenvalue weighted by molar-refractivity contribution is 5.87. The summed E-state index contributed by atoms with van der Waals surface area (Å²) in [5.74, 6) is 1.42. The van der Waals surface area contributed by atoms with E-state index in [1.807, 2.05) is 42.5 Å². The molecule has 2 unspecified atom stereocenters. The maximum absolute atomic E-state index is 13.9. The number of hydrogen-bond donors (Lipinski definition) is 1. The van der Waals surface area contributed by atoms with Crippen LogP contribution in [0.3, 0.4) is 0 Å². The Labute approximate surface area is 235 Å². The molecular weight excluding hydrogens is 518 g/mol. The number of imidazole rings is 1. The fraction of sp³-hybridized carbons (Fsp3) is 0.129. The second-order valence-corrected chi connectivity index (χ2v) is 9.62. The molecule has 2 heterocycles. The standard InChI is InChI=1S/C31H26N7O3/c1-3-27(39)36(2)26-16-20(26)18-33-21-8-7-9-23(17-21)38-30-28(29(32)34-19-35-30)37(31(38)40)22-12-14-25(15-13-22)41-24-10-5-4-6-11-24/h3-15,17,19-20,26H,1,16H2,2H3,(H2,32,34,35)/q+1. The lowest BCUT2D eigenvalue weighted by Gasteiger charge is -2.12. The maximum Gasteiger partial charge on any atom is 0.342 e. The van der Waals surface area contributed by atoms with Crippen molar-refractivity contribution in [3.63, 3.8) is 0 Å². The lowest BCUT2D eigenvalue weighted by molar-refractivity contribution is -0.125. The Hall–Kier alpha value is -5.69. The zero-order valence-corrected chi connectivity index (χ0v) is 22.2. The zero-order chi connectivity index (χ0) is 28.5. The van der Waals surface area contributed by atoms with Crippen molar-refractivity contribution in [2.24, 2.45) is 5.92 Å². The molecule has 5 aromatic rings. The number of rotatable bonds is 6. The van der Waals surface area contributed by atoms with Gasteiger partial charge >= 0.3 is 11.4 Å². The number of nitrogens with two attached hydrogens (primary N) is 1. The molecule has 1 saturated carbocycles. The lowest BCUT2D eigenvalue weighted by Crippen LogP contribution is -2.27. The summed E-state index contributed by atoms with van der Waals surface area (Å²) in [5, 5.41) is 0. The Morgan fingerprint density at radius 1 is 1.05 bits per heavy atom. The average Bonchev–Trinajstić information content (AvgIpc) is 3.71. The quantitative estimate of drug-likeness (QED) is 0.303. The van der Waals surface area contributed by atoms with Gasteiger partial charge in [0.1, 0.15) is 29.3 Å². The Morgan fingerprint density at radius 3 is 2.56 bits per heavy atom. The van der Waals surface area contributed by atoms with E-state index in [0.29, 0.717) is 39.7 Å². The van der Waals surface area contributed by atoms with Crippen molar-refractivity contribution in [3.05, 3.63) is 113 Å². The van der Waals surface area contributed by atoms with Crippen LogP contribution in [0.15, 0.2) is 103 Å². The normalized spacial score (nSPS) is 15.5. The average molecular weight is 545 g/mol. The fourth-order valence-electron chi connectivity index (χ4n) is 4.72. The molecule has 2 N–H and O–H groups in total. The SMILES string of the molecule is C=CC(=O)N(C)C1CC1C#[N+]c1cccc(-n2c(=O)n(-c3ccc(Oc4ccccc4)cc3)c3c(N)ncnc32)c1. The number of ether oxygens (including phenoxy) is 1. The second kappa shape index (κ2) is 10.5. The molecule has 1 aliphatic rings. The van der Waals surface area contributed by atoms with E-state index < -0.39 is 0 Å². The summed E-state index contributed by atoms with van der Waals surface area (Å²) in [6.07, 6.45) is 3.42. The van der Waals surface area contributed by atoms with Gasteiger partial charge < -0.3 is 15.4 Å². The number of aromatic nitrogens is 4. The van der Waals surface area contributed by atoms with E-state index in [0.717, 1.165) is 6.42 Å². The predicted molar refractivity (Wildman–Crippen MR) is 157 cm³/mol. The number of fused-ring (bicyclic) bond motifs is 1. The lowest BCUT2D eigenvalue weighted by atomic mass is 10.3. The van der Waals surface area contributed by atoms with Crippen LogP contribution in [0.4, 0.5) is 11.5 Å². The number of carbonyl (C=O) groups is 1. The molecule has 1 fully saturated rings. The van der Waals surface area contributed by atoms with Gasteiger partial charge in [-0.25, -0.2) is 19.3 Å². The molecule has 1 aliphatic carbocycles. The van der Waals surface area contributed by atoms with E-state index >= 15 is 0 Å². The number of nitrogens with zero attached hydrogens (tertiary/aromatic N) is 6. The number of hydrogen-bond acceptors (Lipinski definition) is 6. The maximum atomic E-state index is 13.9. The van der Waals surface area contributed by atoms with Gasteiger partial charge in [-0.3, -0.25) is 9.36 Å². The molecule has 3 aromatic carbocycles. The van der Waals surface area contributed by atoms with Gasteiger partial charge in [0.2, 0.25) is 5.91 Å². The van der Waals surface area contributed by atoms with Crippen molar-refractivity contribution in [1.29, 1.82) is 0 Å². The molecule has 2 atom stereocenters. The number of likely N-dealkylation sites (N-methyl/N-ethyl adjacent to an activating group) is 1. The monoisotopic (exact) mass is 544 g/mol. The smallest absolute Gasteiger partial charge is 0.342 e. The Balaban J connectivity index is 1.34. The van der Waals surface area contributed by atoms with Gasteiger partial charge in [-0.05, 0) is 59.8 Å². The number of nitrogen functional groups attached to an aromatic ring is 1. The molecule has 0 saturated heterocycles. The fourth-order valence-corrected chi connectivity index (χ4v) is 4.72. The van der Waals surface area contributed by atoms with Gasteiger partial charge in [0.15, 0.2) is 11.5 Å². The first-order chi connectivity index (χ1) is 19.9. The minimum Gasteiger partial charge on any atom is -0.457 e. The Bertz CT molecular complexity index is 1900. The number of amides is 1. The first-order valence-corrected chi connectivity index (χ1v) is 13.0. The number of para-hydroxylation sites is 1. The molecule has 0 aliphatic heterocycles. The third kappa shape index (κ3) is 4.92. The van der Waals surface area contributed by atoms with Crippen LogP contribution in [0.2, 0.25) is 0 Å². The molecule has 0 spiro atoms. The highest BCUT2D eigenvalue weighted by atomic mass is 16.5. The summed E-state index contributed by atoms with van der Waals surface area (Å²) in [6.45, 7) is 3.54. The van der Waals surface area contributed by atoms with Gasteiger partial charge in [0, 0.05) is 13.1 Å². The summed E-state index contributed by atoms with van der Waals surface area (Å²) < 4.78 is 8.87. The van der Waals surface area contributed by atoms with Crippen molar-refractivity contribution in [3.8, 4) is 28.9 Å². The molecule has 1 amide bonds. The Kier molecular flexibility index (Phi) is 6.53. The van der Waals surface area contributed by atoms with Crippen molar-refractivity contribution >= 4 is 28.6 Å². The minimum atomic E-state index is -0.360. The van der Waals surface area contributed by atoms with Crippen molar-refractivity contribution in [1.82, 2.24) is 24.0 Å². The third-order valence-electron chi connectivity index (χ3n) is 6.95. The molecule has 10 nitrogen and oxygen atoms in total. The first kappa shape index (κ1) is 25.6. The van der Waals surface area contributed by atoms with Gasteiger partial charge in [-0.2, -0.15) is 0 Å². The van der Waals surface area contributed by atoms with E-state index in [1.165, 1.54) is 21.5 Å². The second-order valence-electron chi connectivity index (χ2n) is 9.62. The van der Waals surface area contributed by atoms with Gasteiger partial charge in [0.25, 0.3) is 6.07 Å². The third-order valence-corrected chi connectivity index (χ3v) is 6.95. The summed E-state index contributed by atoms with van der Waals surface area (Å²) in [4.78, 5) is 40.4. The highest BCUT2D eigenvalue weighted by Crippen LogP contribution is 2.35. The van der Waals surface area contributed by atoms with E-state index in [-0.39, 0.29) is 29.4 Å². The molecule has 0 radical (unpaired) electrons. The zero-order valence-electron chi connectivity index (χ0n) is 22.2. The Morgan fingerprint density at radius 2 is 1.80 bits per heavy atom. The first-order valence-electron chi connectivity index (χ1n) is 13.0. The molecule has 6 rings (SSSR count). The topological polar surface area (TPSA) is 113 Å². The van der Waals surface area contributed by atoms with Crippen molar-refractivity contribution < 1.29 is 9.53 Å². The number of benzene rings is 3. The van der Waals surface area contributed by atoms with Crippen LogP contribution in [-0.2, 0) is 4.79 Å². The van der Waals surface area contributed by atoms with E-state index in [1.54, 1.807) is 48.3 Å². The minimum absolute atomic E-state index is 0.0403. The van der Waals surface area contributed by atoms with Crippen LogP contribution in [0.1, 0.15) is 6.42 Å². The summed E-state index contributed by atoms with van der Waals surface area (Å²) in [6, 6.07) is 27.0. The molecular formula is C31H26N7O3+. The molecule has 41 heavy (non-hydrogen) atoms. The van der Waals surface area contributed by atoms with E-state index in [9.17, 15) is 9.59 Å². The highest BCUT2D eigenvalue weighted by Gasteiger charge is 2.45. The number of carbonyl (C=O) groups excluding carboxylic acids is 1. The van der Waals surface area contributed by atoms with E-state index in [2.05, 4.69) is 27.5 Å². The van der Waals surface area contributed by atoms with Gasteiger partial charge in [-0.1, -0.05) is 30.8 Å². The van der Waals surface area contributed by atoms with Gasteiger partial charge in [0.05, 0.1) is 23.5 Å². The van der Waals surface area contributed by atoms with Gasteiger partial charge in [-0.15, -0.1) is 0 Å². The van der Waals surface area contributed by atoms with Crippen molar-refractivity contribution in [2.45, 2.75) is 12.5 Å². The van der Waals surface area contributed by atoms with Crippen LogP contribution in [-0.4, -0.2) is 43.0 Å². The summed E-state index contributed by atoms with van der Waals surface area (Å²) >= 11 is 0.